The molecular formula is C24H32N3O3+. The third kappa shape index (κ3) is 5.60. The van der Waals surface area contributed by atoms with Crippen molar-refractivity contribution in [1.29, 1.82) is 0 Å². The monoisotopic (exact) mass is 410 g/mol. The molecule has 1 saturated heterocycles. The van der Waals surface area contributed by atoms with Crippen LogP contribution in [0.3, 0.4) is 0 Å². The Labute approximate surface area is 178 Å². The van der Waals surface area contributed by atoms with Gasteiger partial charge in [0, 0.05) is 5.69 Å². The molecule has 1 aliphatic heterocycles. The number of aryl methyl sites for hydroxylation is 2. The van der Waals surface area contributed by atoms with E-state index in [4.69, 9.17) is 4.74 Å². The third-order valence-corrected chi connectivity index (χ3v) is 5.81. The van der Waals surface area contributed by atoms with Crippen LogP contribution in [0.1, 0.15) is 23.6 Å². The van der Waals surface area contributed by atoms with E-state index in [1.165, 1.54) is 4.90 Å². The summed E-state index contributed by atoms with van der Waals surface area (Å²) in [6.45, 7) is 9.39. The Balaban J connectivity index is 1.43. The molecule has 160 valence electrons. The molecule has 3 rings (SSSR count). The highest BCUT2D eigenvalue weighted by Gasteiger charge is 2.25. The molecule has 30 heavy (non-hydrogen) atoms. The largest absolute Gasteiger partial charge is 0.483 e. The molecule has 2 N–H and O–H groups in total. The van der Waals surface area contributed by atoms with Gasteiger partial charge in [-0.05, 0) is 49.1 Å². The lowest BCUT2D eigenvalue weighted by Gasteiger charge is -2.32. The van der Waals surface area contributed by atoms with Gasteiger partial charge in [0.05, 0.1) is 26.2 Å². The normalized spacial score (nSPS) is 14.4. The quantitative estimate of drug-likeness (QED) is 0.729. The van der Waals surface area contributed by atoms with Gasteiger partial charge in [-0.15, -0.1) is 0 Å². The van der Waals surface area contributed by atoms with E-state index in [-0.39, 0.29) is 18.4 Å². The maximum atomic E-state index is 12.5. The first-order valence-electron chi connectivity index (χ1n) is 10.7. The summed E-state index contributed by atoms with van der Waals surface area (Å²) in [4.78, 5) is 28.0. The predicted molar refractivity (Wildman–Crippen MR) is 118 cm³/mol. The number of quaternary nitrogens is 1. The molecule has 0 radical (unpaired) electrons. The predicted octanol–water partition coefficient (Wildman–Crippen LogP) is 1.61. The molecule has 0 aliphatic carbocycles. The number of para-hydroxylation sites is 1. The van der Waals surface area contributed by atoms with Crippen molar-refractivity contribution in [1.82, 2.24) is 4.90 Å². The van der Waals surface area contributed by atoms with Crippen molar-refractivity contribution in [2.24, 2.45) is 0 Å². The van der Waals surface area contributed by atoms with E-state index < -0.39 is 0 Å². The molecule has 2 aromatic carbocycles. The topological polar surface area (TPSA) is 63.1 Å². The number of ether oxygens (including phenoxy) is 1. The summed E-state index contributed by atoms with van der Waals surface area (Å²) in [6.07, 6.45) is 0.883. The van der Waals surface area contributed by atoms with Gasteiger partial charge in [-0.1, -0.05) is 37.3 Å². The van der Waals surface area contributed by atoms with Gasteiger partial charge in [0.2, 0.25) is 0 Å². The average Bonchev–Trinajstić information content (AvgIpc) is 2.75. The molecule has 0 saturated carbocycles. The van der Waals surface area contributed by atoms with E-state index in [0.29, 0.717) is 19.6 Å². The average molecular weight is 411 g/mol. The summed E-state index contributed by atoms with van der Waals surface area (Å²) in [5.74, 6) is 0.775. The number of hydrogen-bond acceptors (Lipinski definition) is 3. The minimum atomic E-state index is -0.00344. The Hall–Kier alpha value is -2.86. The summed E-state index contributed by atoms with van der Waals surface area (Å²) in [7, 11) is 0. The van der Waals surface area contributed by atoms with Crippen LogP contribution in [0.4, 0.5) is 5.69 Å². The van der Waals surface area contributed by atoms with Crippen molar-refractivity contribution >= 4 is 17.5 Å². The van der Waals surface area contributed by atoms with Crippen molar-refractivity contribution in [2.75, 3.05) is 44.6 Å². The van der Waals surface area contributed by atoms with Gasteiger partial charge in [0.1, 0.15) is 5.75 Å². The first-order chi connectivity index (χ1) is 14.5. The van der Waals surface area contributed by atoms with Crippen LogP contribution >= 0.6 is 0 Å². The SMILES string of the molecule is CCc1ccccc1NC(=O)C[NH+]1CCN(C(=O)COc2cccc(C)c2C)CC1. The van der Waals surface area contributed by atoms with Gasteiger partial charge < -0.3 is 19.9 Å². The zero-order valence-corrected chi connectivity index (χ0v) is 18.2. The van der Waals surface area contributed by atoms with Crippen molar-refractivity contribution in [3.63, 3.8) is 0 Å². The molecule has 2 aromatic rings. The third-order valence-electron chi connectivity index (χ3n) is 5.81. The smallest absolute Gasteiger partial charge is 0.279 e. The second-order valence-corrected chi connectivity index (χ2v) is 7.85. The van der Waals surface area contributed by atoms with E-state index in [9.17, 15) is 9.59 Å². The van der Waals surface area contributed by atoms with Gasteiger partial charge in [0.25, 0.3) is 11.8 Å². The van der Waals surface area contributed by atoms with Gasteiger partial charge in [0.15, 0.2) is 13.2 Å². The fraction of sp³-hybridized carbons (Fsp3) is 0.417. The number of benzene rings is 2. The molecule has 2 amide bonds. The molecule has 0 spiro atoms. The summed E-state index contributed by atoms with van der Waals surface area (Å²) >= 11 is 0. The van der Waals surface area contributed by atoms with Crippen molar-refractivity contribution < 1.29 is 19.2 Å². The summed E-state index contributed by atoms with van der Waals surface area (Å²) in [6, 6.07) is 13.8. The Morgan fingerprint density at radius 1 is 1.07 bits per heavy atom. The van der Waals surface area contributed by atoms with Gasteiger partial charge in [-0.3, -0.25) is 9.59 Å². The first-order valence-corrected chi connectivity index (χ1v) is 10.7. The maximum Gasteiger partial charge on any atom is 0.279 e. The highest BCUT2D eigenvalue weighted by molar-refractivity contribution is 5.92. The van der Waals surface area contributed by atoms with Crippen molar-refractivity contribution in [2.45, 2.75) is 27.2 Å². The van der Waals surface area contributed by atoms with Gasteiger partial charge in [-0.2, -0.15) is 0 Å². The number of nitrogens with zero attached hydrogens (tertiary/aromatic N) is 1. The zero-order valence-electron chi connectivity index (χ0n) is 18.2. The number of hydrogen-bond donors (Lipinski definition) is 2. The number of rotatable bonds is 7. The van der Waals surface area contributed by atoms with E-state index in [2.05, 4.69) is 12.2 Å². The van der Waals surface area contributed by atoms with Crippen molar-refractivity contribution in [3.05, 3.63) is 59.2 Å². The van der Waals surface area contributed by atoms with Crippen LogP contribution in [-0.2, 0) is 16.0 Å². The van der Waals surface area contributed by atoms with Crippen LogP contribution in [0.2, 0.25) is 0 Å². The molecule has 1 aliphatic rings. The fourth-order valence-electron chi connectivity index (χ4n) is 3.73. The second-order valence-electron chi connectivity index (χ2n) is 7.85. The molecule has 1 heterocycles. The molecule has 0 bridgehead atoms. The number of piperazine rings is 1. The zero-order chi connectivity index (χ0) is 21.5. The number of amides is 2. The molecule has 0 aromatic heterocycles. The standard InChI is InChI=1S/C24H31N3O3/c1-4-20-9-5-6-10-21(20)25-23(28)16-26-12-14-27(15-13-26)24(29)17-30-22-11-7-8-18(2)19(22)3/h5-11H,4,12-17H2,1-3H3,(H,25,28)/p+1. The lowest BCUT2D eigenvalue weighted by atomic mass is 10.1. The Morgan fingerprint density at radius 2 is 1.80 bits per heavy atom. The summed E-state index contributed by atoms with van der Waals surface area (Å²) in [5.41, 5.74) is 4.24. The highest BCUT2D eigenvalue weighted by Crippen LogP contribution is 2.20. The van der Waals surface area contributed by atoms with E-state index in [1.807, 2.05) is 61.2 Å². The minimum Gasteiger partial charge on any atom is -0.483 e. The Kier molecular flexibility index (Phi) is 7.46. The van der Waals surface area contributed by atoms with Crippen LogP contribution < -0.4 is 15.0 Å². The second kappa shape index (κ2) is 10.3. The molecule has 1 fully saturated rings. The fourth-order valence-corrected chi connectivity index (χ4v) is 3.73. The molecular weight excluding hydrogens is 378 g/mol. The molecule has 6 nitrogen and oxygen atoms in total. The van der Waals surface area contributed by atoms with Crippen LogP contribution in [0.5, 0.6) is 5.75 Å². The first kappa shape index (κ1) is 21.8. The number of nitrogens with one attached hydrogen (secondary N) is 2. The van der Waals surface area contributed by atoms with E-state index in [0.717, 1.165) is 47.6 Å². The van der Waals surface area contributed by atoms with Crippen molar-refractivity contribution in [3.8, 4) is 5.75 Å². The minimum absolute atomic E-state index is 0.00344. The van der Waals surface area contributed by atoms with Gasteiger partial charge in [-0.25, -0.2) is 0 Å². The maximum absolute atomic E-state index is 12.5. The van der Waals surface area contributed by atoms with Crippen LogP contribution in [0.25, 0.3) is 0 Å². The van der Waals surface area contributed by atoms with E-state index in [1.54, 1.807) is 0 Å². The summed E-state index contributed by atoms with van der Waals surface area (Å²) < 4.78 is 5.75. The van der Waals surface area contributed by atoms with Crippen LogP contribution in [0.15, 0.2) is 42.5 Å². The number of carbonyl (C=O) groups is 2. The van der Waals surface area contributed by atoms with Gasteiger partial charge >= 0.3 is 0 Å². The Morgan fingerprint density at radius 3 is 2.53 bits per heavy atom. The highest BCUT2D eigenvalue weighted by atomic mass is 16.5. The Bertz CT molecular complexity index is 889. The number of carbonyl (C=O) groups excluding carboxylic acids is 2. The van der Waals surface area contributed by atoms with Crippen LogP contribution in [-0.4, -0.2) is 56.0 Å². The number of anilines is 1. The molecule has 6 heteroatoms. The molecule has 0 unspecified atom stereocenters. The lowest BCUT2D eigenvalue weighted by Crippen LogP contribution is -3.15. The lowest BCUT2D eigenvalue weighted by molar-refractivity contribution is -0.895. The van der Waals surface area contributed by atoms with Crippen LogP contribution in [0, 0.1) is 13.8 Å². The van der Waals surface area contributed by atoms with E-state index >= 15 is 0 Å². The molecule has 0 atom stereocenters. The summed E-state index contributed by atoms with van der Waals surface area (Å²) in [5, 5.41) is 3.03.